The third kappa shape index (κ3) is 4.58. The molecule has 2 aromatic carbocycles. The molecule has 2 unspecified atom stereocenters. The quantitative estimate of drug-likeness (QED) is 0.532. The standard InChI is InChI=1S/C24H24ClFN5O/c25-19-2-1-3-22(10-19)31(14-18-6-4-17(12-27)5-7-18)15-20(8-9-26)30-23(24(31)32)11-21-13-28-16-29-21/h1-7,10,13,16,20,23,30H,8-9,11,14-15H2,(H,28,29)/q+1/t20-,23?,31?/m0/s1. The summed E-state index contributed by atoms with van der Waals surface area (Å²) in [7, 11) is 0. The van der Waals surface area contributed by atoms with Crippen LogP contribution in [0.1, 0.15) is 23.2 Å². The maximum Gasteiger partial charge on any atom is 0.336 e. The van der Waals surface area contributed by atoms with E-state index in [4.69, 9.17) is 16.9 Å². The van der Waals surface area contributed by atoms with E-state index in [0.717, 1.165) is 16.9 Å². The molecule has 6 nitrogen and oxygen atoms in total. The molecule has 1 aliphatic rings. The first-order chi connectivity index (χ1) is 15.5. The summed E-state index contributed by atoms with van der Waals surface area (Å²) in [5.41, 5.74) is 3.08. The minimum absolute atomic E-state index is 0.0127. The summed E-state index contributed by atoms with van der Waals surface area (Å²) in [6.07, 6.45) is 4.01. The fraction of sp³-hybridized carbons (Fsp3) is 0.292. The first-order valence-corrected chi connectivity index (χ1v) is 10.9. The van der Waals surface area contributed by atoms with Gasteiger partial charge in [0.15, 0.2) is 0 Å². The molecule has 0 spiro atoms. The molecule has 0 aliphatic carbocycles. The van der Waals surface area contributed by atoms with Crippen molar-refractivity contribution in [2.24, 2.45) is 0 Å². The Labute approximate surface area is 191 Å². The molecule has 2 N–H and O–H groups in total. The number of carbonyl (C=O) groups is 1. The summed E-state index contributed by atoms with van der Waals surface area (Å²) in [4.78, 5) is 21.2. The second-order valence-electron chi connectivity index (χ2n) is 8.11. The maximum atomic E-state index is 14.0. The largest absolute Gasteiger partial charge is 0.348 e. The second kappa shape index (κ2) is 9.61. The molecule has 3 atom stereocenters. The molecule has 32 heavy (non-hydrogen) atoms. The SMILES string of the molecule is N#Cc1ccc(C[N+]2(c3cccc(Cl)c3)C[C@H](CCF)NC(Cc3cnc[nH]3)C2=O)cc1. The van der Waals surface area contributed by atoms with Crippen LogP contribution in [0.5, 0.6) is 0 Å². The molecule has 8 heteroatoms. The Kier molecular flexibility index (Phi) is 6.66. The van der Waals surface area contributed by atoms with Crippen molar-refractivity contribution in [3.05, 3.63) is 82.9 Å². The predicted octanol–water partition coefficient (Wildman–Crippen LogP) is 3.91. The molecule has 0 radical (unpaired) electrons. The third-order valence-electron chi connectivity index (χ3n) is 5.96. The number of quaternary nitrogens is 1. The lowest BCUT2D eigenvalue weighted by atomic mass is 9.96. The Morgan fingerprint density at radius 1 is 1.25 bits per heavy atom. The first-order valence-electron chi connectivity index (χ1n) is 10.5. The molecule has 1 aliphatic heterocycles. The zero-order chi connectivity index (χ0) is 22.6. The van der Waals surface area contributed by atoms with Crippen LogP contribution in [-0.2, 0) is 17.8 Å². The number of hydrogen-bond donors (Lipinski definition) is 2. The Balaban J connectivity index is 1.78. The number of H-pyrrole nitrogens is 1. The lowest BCUT2D eigenvalue weighted by Gasteiger charge is -2.45. The number of rotatable bonds is 7. The molecule has 164 valence electrons. The predicted molar refractivity (Wildman–Crippen MR) is 122 cm³/mol. The van der Waals surface area contributed by atoms with Crippen molar-refractivity contribution in [1.82, 2.24) is 19.8 Å². The molecular formula is C24H24ClFN5O+. The van der Waals surface area contributed by atoms with Crippen LogP contribution >= 0.6 is 11.6 Å². The van der Waals surface area contributed by atoms with Crippen molar-refractivity contribution in [3.63, 3.8) is 0 Å². The molecule has 1 aromatic heterocycles. The number of nitrogens with one attached hydrogen (secondary N) is 2. The minimum atomic E-state index is -0.516. The van der Waals surface area contributed by atoms with E-state index in [1.807, 2.05) is 30.3 Å². The first kappa shape index (κ1) is 22.2. The van der Waals surface area contributed by atoms with E-state index in [1.165, 1.54) is 0 Å². The van der Waals surface area contributed by atoms with Crippen molar-refractivity contribution in [2.75, 3.05) is 13.2 Å². The Morgan fingerprint density at radius 2 is 2.06 bits per heavy atom. The van der Waals surface area contributed by atoms with Gasteiger partial charge in [-0.3, -0.25) is 9.71 Å². The van der Waals surface area contributed by atoms with Crippen LogP contribution in [0.15, 0.2) is 61.1 Å². The lowest BCUT2D eigenvalue weighted by Crippen LogP contribution is -2.71. The van der Waals surface area contributed by atoms with Gasteiger partial charge in [-0.05, 0) is 30.7 Å². The summed E-state index contributed by atoms with van der Waals surface area (Å²) >= 11 is 6.32. The fourth-order valence-electron chi connectivity index (χ4n) is 4.45. The van der Waals surface area contributed by atoms with E-state index < -0.39 is 12.7 Å². The van der Waals surface area contributed by atoms with Crippen LogP contribution < -0.4 is 9.80 Å². The number of alkyl halides is 1. The van der Waals surface area contributed by atoms with Gasteiger partial charge in [-0.1, -0.05) is 29.8 Å². The van der Waals surface area contributed by atoms with E-state index in [9.17, 15) is 9.18 Å². The van der Waals surface area contributed by atoms with E-state index in [2.05, 4.69) is 21.4 Å². The van der Waals surface area contributed by atoms with E-state index >= 15 is 0 Å². The Morgan fingerprint density at radius 3 is 2.72 bits per heavy atom. The van der Waals surface area contributed by atoms with Gasteiger partial charge in [-0.15, -0.1) is 0 Å². The minimum Gasteiger partial charge on any atom is -0.348 e. The van der Waals surface area contributed by atoms with E-state index in [1.54, 1.807) is 30.7 Å². The van der Waals surface area contributed by atoms with Crippen LogP contribution in [0.2, 0.25) is 5.02 Å². The molecule has 0 bridgehead atoms. The topological polar surface area (TPSA) is 81.6 Å². The number of piperazine rings is 1. The molecular weight excluding hydrogens is 429 g/mol. The summed E-state index contributed by atoms with van der Waals surface area (Å²) in [6.45, 7) is 0.312. The zero-order valence-electron chi connectivity index (χ0n) is 17.5. The lowest BCUT2D eigenvalue weighted by molar-refractivity contribution is -0.136. The number of nitriles is 1. The van der Waals surface area contributed by atoms with E-state index in [0.29, 0.717) is 36.5 Å². The van der Waals surface area contributed by atoms with Crippen molar-refractivity contribution < 1.29 is 9.18 Å². The molecule has 1 fully saturated rings. The molecule has 4 rings (SSSR count). The van der Waals surface area contributed by atoms with Gasteiger partial charge < -0.3 is 4.98 Å². The summed E-state index contributed by atoms with van der Waals surface area (Å²) in [5.74, 6) is -0.0127. The monoisotopic (exact) mass is 452 g/mol. The van der Waals surface area contributed by atoms with Gasteiger partial charge in [0.1, 0.15) is 24.8 Å². The van der Waals surface area contributed by atoms with E-state index in [-0.39, 0.29) is 16.4 Å². The number of imidazole rings is 1. The number of aromatic amines is 1. The van der Waals surface area contributed by atoms with Crippen molar-refractivity contribution in [1.29, 1.82) is 5.26 Å². The maximum absolute atomic E-state index is 14.0. The van der Waals surface area contributed by atoms with Crippen LogP contribution in [0.25, 0.3) is 0 Å². The van der Waals surface area contributed by atoms with Gasteiger partial charge in [0.2, 0.25) is 0 Å². The molecule has 1 amide bonds. The van der Waals surface area contributed by atoms with Crippen LogP contribution in [0, 0.1) is 11.3 Å². The number of benzene rings is 2. The van der Waals surface area contributed by atoms with Gasteiger partial charge in [0.25, 0.3) is 0 Å². The number of aromatic nitrogens is 2. The van der Waals surface area contributed by atoms with Crippen LogP contribution in [0.4, 0.5) is 10.1 Å². The highest BCUT2D eigenvalue weighted by Gasteiger charge is 2.50. The normalized spacial score (nSPS) is 23.1. The summed E-state index contributed by atoms with van der Waals surface area (Å²) in [5, 5.41) is 13.0. The van der Waals surface area contributed by atoms with Gasteiger partial charge in [-0.25, -0.2) is 14.3 Å². The zero-order valence-corrected chi connectivity index (χ0v) is 18.2. The molecule has 2 heterocycles. The number of carbonyl (C=O) groups excluding carboxylic acids is 1. The van der Waals surface area contributed by atoms with Gasteiger partial charge in [-0.2, -0.15) is 5.26 Å². The Bertz CT molecular complexity index is 1110. The smallest absolute Gasteiger partial charge is 0.336 e. The number of halogens is 2. The summed E-state index contributed by atoms with van der Waals surface area (Å²) < 4.78 is 13.4. The van der Waals surface area contributed by atoms with Gasteiger partial charge >= 0.3 is 5.91 Å². The molecule has 0 saturated carbocycles. The fourth-order valence-corrected chi connectivity index (χ4v) is 4.63. The van der Waals surface area contributed by atoms with Gasteiger partial charge in [0, 0.05) is 35.0 Å². The summed E-state index contributed by atoms with van der Waals surface area (Å²) in [6, 6.07) is 16.0. The van der Waals surface area contributed by atoms with Gasteiger partial charge in [0.05, 0.1) is 30.7 Å². The van der Waals surface area contributed by atoms with Crippen LogP contribution in [-0.4, -0.2) is 41.2 Å². The number of amides is 1. The Hall–Kier alpha value is -3.05. The second-order valence-corrected chi connectivity index (χ2v) is 8.55. The van der Waals surface area contributed by atoms with Crippen LogP contribution in [0.3, 0.4) is 0 Å². The number of hydrogen-bond acceptors (Lipinski definition) is 4. The number of nitrogens with zero attached hydrogens (tertiary/aromatic N) is 3. The molecule has 1 saturated heterocycles. The third-order valence-corrected chi connectivity index (χ3v) is 6.20. The highest BCUT2D eigenvalue weighted by Crippen LogP contribution is 2.34. The highest BCUT2D eigenvalue weighted by atomic mass is 35.5. The average molecular weight is 453 g/mol. The average Bonchev–Trinajstić information content (AvgIpc) is 3.31. The van der Waals surface area contributed by atoms with Crippen molar-refractivity contribution >= 4 is 23.2 Å². The molecule has 3 aromatic rings. The van der Waals surface area contributed by atoms with Crippen molar-refractivity contribution in [2.45, 2.75) is 31.5 Å². The van der Waals surface area contributed by atoms with Crippen molar-refractivity contribution in [3.8, 4) is 6.07 Å². The highest BCUT2D eigenvalue weighted by molar-refractivity contribution is 6.30.